The van der Waals surface area contributed by atoms with Crippen LogP contribution < -0.4 is 10.2 Å². The van der Waals surface area contributed by atoms with E-state index in [2.05, 4.69) is 22.0 Å². The smallest absolute Gasteiger partial charge is 0.292 e. The summed E-state index contributed by atoms with van der Waals surface area (Å²) in [6, 6.07) is 5.27. The highest BCUT2D eigenvalue weighted by Crippen LogP contribution is 2.29. The van der Waals surface area contributed by atoms with Crippen LogP contribution in [0.5, 0.6) is 0 Å². The molecule has 6 heteroatoms. The maximum atomic E-state index is 10.9. The van der Waals surface area contributed by atoms with Gasteiger partial charge < -0.3 is 15.1 Å². The van der Waals surface area contributed by atoms with Gasteiger partial charge in [0.2, 0.25) is 0 Å². The lowest BCUT2D eigenvalue weighted by Crippen LogP contribution is -2.46. The van der Waals surface area contributed by atoms with E-state index in [1.165, 1.54) is 0 Å². The molecule has 1 heterocycles. The largest absolute Gasteiger partial charge is 0.383 e. The molecule has 1 aliphatic heterocycles. The summed E-state index contributed by atoms with van der Waals surface area (Å²) >= 11 is 0. The van der Waals surface area contributed by atoms with E-state index in [4.69, 9.17) is 0 Å². The Morgan fingerprint density at radius 2 is 2.00 bits per heavy atom. The average molecular weight is 264 g/mol. The summed E-state index contributed by atoms with van der Waals surface area (Å²) in [4.78, 5) is 15.2. The monoisotopic (exact) mass is 264 g/mol. The molecule has 1 aliphatic rings. The van der Waals surface area contributed by atoms with Crippen LogP contribution in [0.15, 0.2) is 18.2 Å². The molecule has 1 saturated heterocycles. The minimum absolute atomic E-state index is 0.124. The molecule has 1 fully saturated rings. The summed E-state index contributed by atoms with van der Waals surface area (Å²) in [5.41, 5.74) is 1.74. The van der Waals surface area contributed by atoms with Gasteiger partial charge in [0.25, 0.3) is 5.69 Å². The van der Waals surface area contributed by atoms with Crippen molar-refractivity contribution in [1.82, 2.24) is 4.90 Å². The molecule has 0 unspecified atom stereocenters. The maximum absolute atomic E-state index is 10.9. The third kappa shape index (κ3) is 2.96. The molecule has 0 aromatic heterocycles. The van der Waals surface area contributed by atoms with E-state index in [-0.39, 0.29) is 10.6 Å². The highest BCUT2D eigenvalue weighted by molar-refractivity contribution is 5.69. The van der Waals surface area contributed by atoms with Gasteiger partial charge in [0, 0.05) is 45.0 Å². The molecular formula is C13H20N4O2. The fourth-order valence-corrected chi connectivity index (χ4v) is 2.40. The van der Waals surface area contributed by atoms with Crippen LogP contribution in [-0.2, 0) is 0 Å². The fourth-order valence-electron chi connectivity index (χ4n) is 2.40. The van der Waals surface area contributed by atoms with E-state index in [1.807, 2.05) is 12.1 Å². The van der Waals surface area contributed by atoms with E-state index in [0.29, 0.717) is 5.69 Å². The molecule has 6 nitrogen and oxygen atoms in total. The Bertz CT molecular complexity index is 456. The second-order valence-electron chi connectivity index (χ2n) is 4.63. The van der Waals surface area contributed by atoms with Gasteiger partial charge in [-0.05, 0) is 18.7 Å². The van der Waals surface area contributed by atoms with Crippen molar-refractivity contribution in [3.63, 3.8) is 0 Å². The van der Waals surface area contributed by atoms with E-state index in [1.54, 1.807) is 13.1 Å². The van der Waals surface area contributed by atoms with Crippen LogP contribution in [0.1, 0.15) is 6.92 Å². The van der Waals surface area contributed by atoms with Crippen molar-refractivity contribution in [1.29, 1.82) is 0 Å². The van der Waals surface area contributed by atoms with Crippen molar-refractivity contribution in [3.8, 4) is 0 Å². The molecule has 0 amide bonds. The van der Waals surface area contributed by atoms with Gasteiger partial charge in [-0.15, -0.1) is 0 Å². The first-order valence-electron chi connectivity index (χ1n) is 6.59. The van der Waals surface area contributed by atoms with Crippen molar-refractivity contribution in [2.75, 3.05) is 50.0 Å². The van der Waals surface area contributed by atoms with Crippen LogP contribution in [0.4, 0.5) is 17.1 Å². The SMILES string of the molecule is CCN1CCN(c2ccc([N+](=O)[O-])c(NC)c2)CC1. The van der Waals surface area contributed by atoms with Gasteiger partial charge in [-0.1, -0.05) is 6.92 Å². The van der Waals surface area contributed by atoms with Gasteiger partial charge in [0.15, 0.2) is 0 Å². The summed E-state index contributed by atoms with van der Waals surface area (Å²) in [6.07, 6.45) is 0. The van der Waals surface area contributed by atoms with Crippen LogP contribution in [0, 0.1) is 10.1 Å². The third-order valence-corrected chi connectivity index (χ3v) is 3.63. The first-order chi connectivity index (χ1) is 9.15. The average Bonchev–Trinajstić information content (AvgIpc) is 2.46. The van der Waals surface area contributed by atoms with E-state index in [0.717, 1.165) is 38.4 Å². The van der Waals surface area contributed by atoms with Crippen molar-refractivity contribution in [2.24, 2.45) is 0 Å². The molecule has 0 aliphatic carbocycles. The predicted octanol–water partition coefficient (Wildman–Crippen LogP) is 1.78. The molecule has 1 aromatic carbocycles. The molecule has 0 bridgehead atoms. The van der Waals surface area contributed by atoms with Gasteiger partial charge >= 0.3 is 0 Å². The predicted molar refractivity (Wildman–Crippen MR) is 77.0 cm³/mol. The summed E-state index contributed by atoms with van der Waals surface area (Å²) < 4.78 is 0. The van der Waals surface area contributed by atoms with Crippen molar-refractivity contribution in [3.05, 3.63) is 28.3 Å². The fraction of sp³-hybridized carbons (Fsp3) is 0.538. The van der Waals surface area contributed by atoms with Gasteiger partial charge in [0.05, 0.1) is 4.92 Å². The van der Waals surface area contributed by atoms with E-state index >= 15 is 0 Å². The molecule has 2 rings (SSSR count). The normalized spacial score (nSPS) is 16.4. The molecule has 0 radical (unpaired) electrons. The third-order valence-electron chi connectivity index (χ3n) is 3.63. The zero-order valence-electron chi connectivity index (χ0n) is 11.4. The van der Waals surface area contributed by atoms with E-state index in [9.17, 15) is 10.1 Å². The zero-order chi connectivity index (χ0) is 13.8. The Morgan fingerprint density at radius 1 is 1.32 bits per heavy atom. The molecule has 0 atom stereocenters. The lowest BCUT2D eigenvalue weighted by molar-refractivity contribution is -0.383. The Morgan fingerprint density at radius 3 is 2.53 bits per heavy atom. The van der Waals surface area contributed by atoms with Gasteiger partial charge in [-0.3, -0.25) is 10.1 Å². The first kappa shape index (κ1) is 13.6. The molecule has 0 saturated carbocycles. The Kier molecular flexibility index (Phi) is 4.21. The lowest BCUT2D eigenvalue weighted by atomic mass is 10.2. The number of rotatable bonds is 4. The lowest BCUT2D eigenvalue weighted by Gasteiger charge is -2.35. The number of likely N-dealkylation sites (N-methyl/N-ethyl adjacent to an activating group) is 1. The summed E-state index contributed by atoms with van der Waals surface area (Å²) in [7, 11) is 1.71. The van der Waals surface area contributed by atoms with Crippen molar-refractivity contribution in [2.45, 2.75) is 6.92 Å². The number of nitro benzene ring substituents is 1. The number of nitrogens with zero attached hydrogens (tertiary/aromatic N) is 3. The summed E-state index contributed by atoms with van der Waals surface area (Å²) in [6.45, 7) is 7.27. The van der Waals surface area contributed by atoms with Crippen LogP contribution in [-0.4, -0.2) is 49.6 Å². The summed E-state index contributed by atoms with van der Waals surface area (Å²) in [5.74, 6) is 0. The van der Waals surface area contributed by atoms with Crippen LogP contribution in [0.2, 0.25) is 0 Å². The van der Waals surface area contributed by atoms with Crippen molar-refractivity contribution >= 4 is 17.1 Å². The quantitative estimate of drug-likeness (QED) is 0.663. The second kappa shape index (κ2) is 5.88. The van der Waals surface area contributed by atoms with Gasteiger partial charge in [-0.2, -0.15) is 0 Å². The standard InChI is InChI=1S/C13H20N4O2/c1-3-15-6-8-16(9-7-15)11-4-5-13(17(18)19)12(10-11)14-2/h4-5,10,14H,3,6-9H2,1-2H3. The number of nitro groups is 1. The molecule has 19 heavy (non-hydrogen) atoms. The number of hydrogen-bond acceptors (Lipinski definition) is 5. The summed E-state index contributed by atoms with van der Waals surface area (Å²) in [5, 5.41) is 13.8. The zero-order valence-corrected chi connectivity index (χ0v) is 11.4. The maximum Gasteiger partial charge on any atom is 0.292 e. The number of anilines is 2. The first-order valence-corrected chi connectivity index (χ1v) is 6.59. The Hall–Kier alpha value is -1.82. The van der Waals surface area contributed by atoms with E-state index < -0.39 is 0 Å². The van der Waals surface area contributed by atoms with Crippen molar-refractivity contribution < 1.29 is 4.92 Å². The van der Waals surface area contributed by atoms with Crippen LogP contribution in [0.25, 0.3) is 0 Å². The molecule has 0 spiro atoms. The number of piperazine rings is 1. The molecule has 1 aromatic rings. The molecule has 104 valence electrons. The number of benzene rings is 1. The van der Waals surface area contributed by atoms with Crippen LogP contribution >= 0.6 is 0 Å². The van der Waals surface area contributed by atoms with Gasteiger partial charge in [0.1, 0.15) is 5.69 Å². The minimum Gasteiger partial charge on any atom is -0.383 e. The Balaban J connectivity index is 2.15. The number of hydrogen-bond donors (Lipinski definition) is 1. The highest BCUT2D eigenvalue weighted by atomic mass is 16.6. The number of nitrogens with one attached hydrogen (secondary N) is 1. The molecular weight excluding hydrogens is 244 g/mol. The minimum atomic E-state index is -0.357. The van der Waals surface area contributed by atoms with Gasteiger partial charge in [-0.25, -0.2) is 0 Å². The van der Waals surface area contributed by atoms with Crippen LogP contribution in [0.3, 0.4) is 0 Å². The Labute approximate surface area is 113 Å². The molecule has 1 N–H and O–H groups in total. The topological polar surface area (TPSA) is 61.7 Å². The highest BCUT2D eigenvalue weighted by Gasteiger charge is 2.19. The second-order valence-corrected chi connectivity index (χ2v) is 4.63.